The largest absolute Gasteiger partial charge is 2.00 e. The van der Waals surface area contributed by atoms with Gasteiger partial charge in [-0.25, -0.2) is 0 Å². The zero-order valence-corrected chi connectivity index (χ0v) is 24.2. The van der Waals surface area contributed by atoms with Crippen LogP contribution in [0.4, 0.5) is 0 Å². The molecule has 2 aliphatic rings. The van der Waals surface area contributed by atoms with Crippen LogP contribution in [0, 0.1) is 24.8 Å². The molecule has 2 aliphatic carbocycles. The van der Waals surface area contributed by atoms with E-state index >= 15 is 0 Å². The Hall–Kier alpha value is -2.12. The number of carbonyl (C=O) groups is 2. The number of aliphatic carboxylic acids is 2. The molecule has 0 saturated carbocycles. The Labute approximate surface area is 229 Å². The summed E-state index contributed by atoms with van der Waals surface area (Å²) in [7, 11) is 4.11. The third-order valence-corrected chi connectivity index (χ3v) is 4.63. The van der Waals surface area contributed by atoms with E-state index in [1.54, 1.807) is 0 Å². The first-order valence-corrected chi connectivity index (χ1v) is 11.8. The fourth-order valence-corrected chi connectivity index (χ4v) is 2.78. The number of carbonyl (C=O) groups excluding carboxylic acids is 2. The van der Waals surface area contributed by atoms with E-state index in [4.69, 9.17) is 0 Å². The van der Waals surface area contributed by atoms with Crippen molar-refractivity contribution in [3.8, 4) is 0 Å². The van der Waals surface area contributed by atoms with Crippen molar-refractivity contribution in [2.75, 3.05) is 14.1 Å². The molecule has 1 aromatic rings. The maximum atomic E-state index is 10.00. The summed E-state index contributed by atoms with van der Waals surface area (Å²) in [6, 6.07) is 11.2. The van der Waals surface area contributed by atoms with Crippen molar-refractivity contribution >= 4 is 35.8 Å². The van der Waals surface area contributed by atoms with Crippen LogP contribution in [-0.2, 0) is 16.1 Å². The van der Waals surface area contributed by atoms with E-state index in [0.717, 1.165) is 13.0 Å². The van der Waals surface area contributed by atoms with Crippen LogP contribution in [0.1, 0.15) is 51.0 Å². The minimum Gasteiger partial charge on any atom is -0.550 e. The number of hydrogen-bond acceptors (Lipinski definition) is 5. The molecular weight excluding hydrogens is 545 g/mol. The number of benzene rings is 1. The Balaban J connectivity index is 0. The van der Waals surface area contributed by atoms with Gasteiger partial charge in [0.1, 0.15) is 0 Å². The molecule has 0 fully saturated rings. The summed E-state index contributed by atoms with van der Waals surface area (Å²) in [6.45, 7) is 6.70. The van der Waals surface area contributed by atoms with Crippen molar-refractivity contribution < 1.29 is 19.8 Å². The number of nitrogens with zero attached hydrogens (tertiary/aromatic N) is 1. The van der Waals surface area contributed by atoms with Crippen molar-refractivity contribution in [1.82, 2.24) is 4.90 Å². The van der Waals surface area contributed by atoms with E-state index < -0.39 is 11.9 Å². The third kappa shape index (κ3) is 23.4. The topological polar surface area (TPSA) is 83.5 Å². The first-order valence-electron chi connectivity index (χ1n) is 11.8. The molecule has 0 spiro atoms. The fourth-order valence-electron chi connectivity index (χ4n) is 2.78. The van der Waals surface area contributed by atoms with Crippen molar-refractivity contribution in [2.24, 2.45) is 11.8 Å². The van der Waals surface area contributed by atoms with E-state index in [-0.39, 0.29) is 36.7 Å². The van der Waals surface area contributed by atoms with Crippen molar-refractivity contribution in [1.29, 1.82) is 0 Å². The summed E-state index contributed by atoms with van der Waals surface area (Å²) >= 11 is 0. The molecule has 0 aliphatic heterocycles. The van der Waals surface area contributed by atoms with Gasteiger partial charge in [0.2, 0.25) is 0 Å². The Bertz CT molecular complexity index is 717. The number of allylic oxidation sites excluding steroid dienone is 8. The van der Waals surface area contributed by atoms with E-state index in [1.165, 1.54) is 12.0 Å². The molecule has 0 N–H and O–H groups in total. The van der Waals surface area contributed by atoms with Gasteiger partial charge in [-0.1, -0.05) is 99.6 Å². The quantitative estimate of drug-likeness (QED) is 0.417. The van der Waals surface area contributed by atoms with Gasteiger partial charge in [-0.15, -0.1) is 0 Å². The van der Waals surface area contributed by atoms with Gasteiger partial charge in [-0.2, -0.15) is 0 Å². The number of carboxylic acids is 2. The normalized spacial score (nSPS) is 13.2. The smallest absolute Gasteiger partial charge is 0.550 e. The number of carboxylic acid groups (broad SMARTS) is 2. The third-order valence-electron chi connectivity index (χ3n) is 4.63. The van der Waals surface area contributed by atoms with Gasteiger partial charge >= 0.3 is 23.9 Å². The summed E-state index contributed by atoms with van der Waals surface area (Å²) in [5, 5.41) is 20.0. The Morgan fingerprint density at radius 3 is 1.63 bits per heavy atom. The maximum Gasteiger partial charge on any atom is 2.00 e. The molecule has 188 valence electrons. The second-order valence-electron chi connectivity index (χ2n) is 8.17. The summed E-state index contributed by atoms with van der Waals surface area (Å²) in [5.41, 5.74) is 1.24. The van der Waals surface area contributed by atoms with E-state index in [2.05, 4.69) is 45.0 Å². The van der Waals surface area contributed by atoms with Gasteiger partial charge in [0.15, 0.2) is 0 Å². The SMILES string of the molecule is CN(C)Cc1[c]cccc1.O=C([O-])CCC1C=CC=C1.O=C([O-])CCC1C=CC=C1.[CH2]CCC.[Sn+2]. The first-order chi connectivity index (χ1) is 16.3. The van der Waals surface area contributed by atoms with Crippen LogP contribution in [0.2, 0.25) is 0 Å². The van der Waals surface area contributed by atoms with E-state index in [0.29, 0.717) is 24.7 Å². The van der Waals surface area contributed by atoms with Gasteiger partial charge in [0, 0.05) is 18.5 Å². The Morgan fingerprint density at radius 2 is 1.34 bits per heavy atom. The molecule has 0 aromatic heterocycles. The summed E-state index contributed by atoms with van der Waals surface area (Å²) in [5.74, 6) is -1.29. The predicted molar refractivity (Wildman–Crippen MR) is 141 cm³/mol. The molecule has 0 atom stereocenters. The molecule has 35 heavy (non-hydrogen) atoms. The number of hydrogen-bond donors (Lipinski definition) is 0. The minimum atomic E-state index is -0.964. The molecule has 5 nitrogen and oxygen atoms in total. The molecule has 4 radical (unpaired) electrons. The number of unbranched alkanes of at least 4 members (excludes halogenated alkanes) is 1. The molecule has 3 rings (SSSR count). The number of rotatable bonds is 9. The van der Waals surface area contributed by atoms with Crippen LogP contribution >= 0.6 is 0 Å². The van der Waals surface area contributed by atoms with Crippen LogP contribution in [0.25, 0.3) is 0 Å². The first kappa shape index (κ1) is 35.0. The standard InChI is InChI=1S/C9H12N.2C8H10O2.C4H9.Sn/c1-10(2)8-9-6-4-3-5-7-9;2*9-8(10)6-5-7-3-1-2-4-7;1-3-4-2;/h3-6H,8H2,1-2H3;2*1-4,7H,5-6H2,(H,9,10);1,3-4H2,2H3;/q;;;;+2/p-2. The van der Waals surface area contributed by atoms with Crippen molar-refractivity contribution in [2.45, 2.75) is 52.0 Å². The second kappa shape index (κ2) is 23.6. The van der Waals surface area contributed by atoms with Gasteiger partial charge in [-0.05, 0) is 63.2 Å². The molecular formula is C29H39NO4Sn. The van der Waals surface area contributed by atoms with Gasteiger partial charge < -0.3 is 24.7 Å². The molecule has 0 amide bonds. The summed E-state index contributed by atoms with van der Waals surface area (Å²) in [4.78, 5) is 22.1. The van der Waals surface area contributed by atoms with Gasteiger partial charge in [0.25, 0.3) is 0 Å². The minimum absolute atomic E-state index is 0. The molecule has 0 heterocycles. The summed E-state index contributed by atoms with van der Waals surface area (Å²) in [6.07, 6.45) is 19.6. The zero-order valence-electron chi connectivity index (χ0n) is 21.3. The molecule has 0 bridgehead atoms. The average molecular weight is 584 g/mol. The second-order valence-corrected chi connectivity index (χ2v) is 8.17. The zero-order chi connectivity index (χ0) is 25.6. The van der Waals surface area contributed by atoms with Crippen LogP contribution in [0.5, 0.6) is 0 Å². The molecule has 0 unspecified atom stereocenters. The van der Waals surface area contributed by atoms with Crippen LogP contribution < -0.4 is 10.2 Å². The summed E-state index contributed by atoms with van der Waals surface area (Å²) < 4.78 is 0. The average Bonchev–Trinajstić information content (AvgIpc) is 3.52. The molecule has 1 aromatic carbocycles. The molecule has 0 saturated heterocycles. The van der Waals surface area contributed by atoms with Gasteiger partial charge in [0.05, 0.1) is 0 Å². The molecule has 6 heteroatoms. The van der Waals surface area contributed by atoms with E-state index in [1.807, 2.05) is 66.8 Å². The Kier molecular flexibility index (Phi) is 23.6. The fraction of sp³-hybridized carbons (Fsp3) is 0.414. The maximum absolute atomic E-state index is 10.00. The van der Waals surface area contributed by atoms with Crippen molar-refractivity contribution in [3.63, 3.8) is 0 Å². The predicted octanol–water partition coefficient (Wildman–Crippen LogP) is 3.31. The van der Waals surface area contributed by atoms with Crippen LogP contribution in [-0.4, -0.2) is 54.8 Å². The van der Waals surface area contributed by atoms with E-state index in [9.17, 15) is 19.8 Å². The van der Waals surface area contributed by atoms with Crippen LogP contribution in [0.15, 0.2) is 72.9 Å². The van der Waals surface area contributed by atoms with Crippen molar-refractivity contribution in [3.05, 3.63) is 91.4 Å². The monoisotopic (exact) mass is 585 g/mol. The van der Waals surface area contributed by atoms with Crippen LogP contribution in [0.3, 0.4) is 0 Å². The van der Waals surface area contributed by atoms with Gasteiger partial charge in [-0.3, -0.25) is 0 Å². The Morgan fingerprint density at radius 1 is 0.914 bits per heavy atom.